The zero-order valence-electron chi connectivity index (χ0n) is 16.1. The molecule has 0 bridgehead atoms. The summed E-state index contributed by atoms with van der Waals surface area (Å²) in [6.07, 6.45) is 9.43. The van der Waals surface area contributed by atoms with Crippen LogP contribution in [0.5, 0.6) is 0 Å². The molecular weight excluding hydrogens is 366 g/mol. The van der Waals surface area contributed by atoms with Crippen LogP contribution in [0, 0.1) is 5.92 Å². The van der Waals surface area contributed by atoms with Gasteiger partial charge in [-0.2, -0.15) is 0 Å². The maximum Gasteiger partial charge on any atom is 0.274 e. The summed E-state index contributed by atoms with van der Waals surface area (Å²) in [5, 5.41) is 0. The van der Waals surface area contributed by atoms with Gasteiger partial charge in [-0.15, -0.1) is 0 Å². The van der Waals surface area contributed by atoms with Crippen molar-refractivity contribution in [1.82, 2.24) is 24.2 Å². The van der Waals surface area contributed by atoms with Gasteiger partial charge in [0.15, 0.2) is 0 Å². The van der Waals surface area contributed by atoms with E-state index in [1.54, 1.807) is 12.4 Å². The number of hydrogen-bond donors (Lipinski definition) is 0. The highest BCUT2D eigenvalue weighted by atomic mass is 16.2. The molecule has 0 radical (unpaired) electrons. The molecule has 5 heterocycles. The molecule has 0 saturated carbocycles. The maximum atomic E-state index is 13.0. The zero-order valence-corrected chi connectivity index (χ0v) is 16.1. The van der Waals surface area contributed by atoms with E-state index in [9.17, 15) is 9.59 Å². The van der Waals surface area contributed by atoms with Crippen LogP contribution in [0.4, 0.5) is 0 Å². The summed E-state index contributed by atoms with van der Waals surface area (Å²) >= 11 is 0. The number of rotatable bonds is 3. The van der Waals surface area contributed by atoms with Gasteiger partial charge in [0, 0.05) is 56.9 Å². The van der Waals surface area contributed by atoms with Crippen LogP contribution in [0.1, 0.15) is 35.3 Å². The lowest BCUT2D eigenvalue weighted by Crippen LogP contribution is -2.56. The molecule has 29 heavy (non-hydrogen) atoms. The molecule has 148 valence electrons. The fourth-order valence-electron chi connectivity index (χ4n) is 4.63. The van der Waals surface area contributed by atoms with Gasteiger partial charge in [0.2, 0.25) is 5.91 Å². The van der Waals surface area contributed by atoms with Crippen LogP contribution in [-0.2, 0) is 11.3 Å². The third kappa shape index (κ3) is 3.37. The molecule has 3 aromatic rings. The minimum absolute atomic E-state index is 0.0251. The molecule has 2 atom stereocenters. The summed E-state index contributed by atoms with van der Waals surface area (Å²) in [5.74, 6) is 0.484. The van der Waals surface area contributed by atoms with E-state index >= 15 is 0 Å². The monoisotopic (exact) mass is 389 g/mol. The highest BCUT2D eigenvalue weighted by molar-refractivity contribution is 5.93. The predicted molar refractivity (Wildman–Crippen MR) is 107 cm³/mol. The molecule has 7 heteroatoms. The topological polar surface area (TPSA) is 70.8 Å². The number of fused-ring (bicyclic) bond motifs is 2. The van der Waals surface area contributed by atoms with E-state index in [0.717, 1.165) is 24.1 Å². The number of carbonyl (C=O) groups excluding carboxylic acids is 2. The lowest BCUT2D eigenvalue weighted by Gasteiger charge is -2.47. The van der Waals surface area contributed by atoms with Crippen molar-refractivity contribution in [3.05, 3.63) is 66.4 Å². The van der Waals surface area contributed by atoms with Crippen molar-refractivity contribution in [2.75, 3.05) is 13.1 Å². The van der Waals surface area contributed by atoms with Gasteiger partial charge in [-0.25, -0.2) is 4.98 Å². The number of amides is 2. The Balaban J connectivity index is 1.31. The van der Waals surface area contributed by atoms with Crippen molar-refractivity contribution >= 4 is 17.5 Å². The van der Waals surface area contributed by atoms with Crippen molar-refractivity contribution in [2.24, 2.45) is 5.92 Å². The van der Waals surface area contributed by atoms with E-state index in [1.165, 1.54) is 0 Å². The Hall–Kier alpha value is -3.22. The molecule has 2 aliphatic rings. The molecule has 0 aromatic carbocycles. The fraction of sp³-hybridized carbons (Fsp3) is 0.364. The van der Waals surface area contributed by atoms with Gasteiger partial charge >= 0.3 is 0 Å². The van der Waals surface area contributed by atoms with Gasteiger partial charge in [-0.3, -0.25) is 14.6 Å². The van der Waals surface area contributed by atoms with Crippen LogP contribution in [-0.4, -0.2) is 55.1 Å². The van der Waals surface area contributed by atoms with Crippen molar-refractivity contribution in [1.29, 1.82) is 0 Å². The standard InChI is InChI=1S/C22H23N5O2/c28-21-7-6-17-14-26(22(29)18-15-25-10-2-1-5-20(25)24-18)11-8-19(17)27(21)13-16-4-3-9-23-12-16/h1-5,9-10,12,15,17,19H,6-8,11,13-14H2/t17-,19+/m0/s1. The first-order valence-corrected chi connectivity index (χ1v) is 10.1. The Morgan fingerprint density at radius 1 is 1.17 bits per heavy atom. The smallest absolute Gasteiger partial charge is 0.274 e. The number of pyridine rings is 2. The normalized spacial score (nSPS) is 22.0. The van der Waals surface area contributed by atoms with Crippen LogP contribution in [0.15, 0.2) is 55.1 Å². The van der Waals surface area contributed by atoms with E-state index in [-0.39, 0.29) is 17.9 Å². The minimum Gasteiger partial charge on any atom is -0.337 e. The number of aromatic nitrogens is 3. The number of hydrogen-bond acceptors (Lipinski definition) is 4. The third-order valence-corrected chi connectivity index (χ3v) is 6.09. The van der Waals surface area contributed by atoms with E-state index in [4.69, 9.17) is 0 Å². The predicted octanol–water partition coefficient (Wildman–Crippen LogP) is 2.38. The van der Waals surface area contributed by atoms with Crippen LogP contribution in [0.2, 0.25) is 0 Å². The second-order valence-corrected chi connectivity index (χ2v) is 7.88. The van der Waals surface area contributed by atoms with Crippen molar-refractivity contribution in [3.8, 4) is 0 Å². The summed E-state index contributed by atoms with van der Waals surface area (Å²) < 4.78 is 1.87. The molecule has 5 rings (SSSR count). The Kier molecular flexibility index (Phi) is 4.50. The molecule has 0 unspecified atom stereocenters. The van der Waals surface area contributed by atoms with Crippen LogP contribution in [0.25, 0.3) is 5.65 Å². The average Bonchev–Trinajstić information content (AvgIpc) is 3.20. The third-order valence-electron chi connectivity index (χ3n) is 6.09. The largest absolute Gasteiger partial charge is 0.337 e. The summed E-state index contributed by atoms with van der Waals surface area (Å²) in [4.78, 5) is 38.2. The molecule has 2 fully saturated rings. The zero-order chi connectivity index (χ0) is 19.8. The Labute approximate surface area is 169 Å². The van der Waals surface area contributed by atoms with Gasteiger partial charge < -0.3 is 14.2 Å². The molecule has 3 aromatic heterocycles. The number of piperidine rings is 2. The number of imidazole rings is 1. The minimum atomic E-state index is -0.0251. The molecule has 0 spiro atoms. The molecule has 2 saturated heterocycles. The molecular formula is C22H23N5O2. The number of likely N-dealkylation sites (tertiary alicyclic amines) is 2. The van der Waals surface area contributed by atoms with E-state index in [1.807, 2.05) is 56.9 Å². The first-order chi connectivity index (χ1) is 14.2. The van der Waals surface area contributed by atoms with Crippen molar-refractivity contribution < 1.29 is 9.59 Å². The Morgan fingerprint density at radius 2 is 2.10 bits per heavy atom. The SMILES string of the molecule is O=C(c1cn2ccccc2n1)N1CC[C@@H]2[C@@H](CCC(=O)N2Cc2cccnc2)C1. The van der Waals surface area contributed by atoms with Gasteiger partial charge in [0.1, 0.15) is 11.3 Å². The van der Waals surface area contributed by atoms with Crippen LogP contribution >= 0.6 is 0 Å². The average molecular weight is 389 g/mol. The Morgan fingerprint density at radius 3 is 2.93 bits per heavy atom. The van der Waals surface area contributed by atoms with E-state index < -0.39 is 0 Å². The molecule has 0 aliphatic carbocycles. The highest BCUT2D eigenvalue weighted by Crippen LogP contribution is 2.32. The Bertz CT molecular complexity index is 1010. The first kappa shape index (κ1) is 17.8. The fourth-order valence-corrected chi connectivity index (χ4v) is 4.63. The second kappa shape index (κ2) is 7.31. The maximum absolute atomic E-state index is 13.0. The summed E-state index contributed by atoms with van der Waals surface area (Å²) in [6.45, 7) is 1.91. The van der Waals surface area contributed by atoms with Crippen molar-refractivity contribution in [2.45, 2.75) is 31.8 Å². The number of carbonyl (C=O) groups is 2. The van der Waals surface area contributed by atoms with Crippen LogP contribution in [0.3, 0.4) is 0 Å². The van der Waals surface area contributed by atoms with Crippen molar-refractivity contribution in [3.63, 3.8) is 0 Å². The van der Waals surface area contributed by atoms with Gasteiger partial charge in [0.25, 0.3) is 5.91 Å². The summed E-state index contributed by atoms with van der Waals surface area (Å²) in [6, 6.07) is 9.82. The lowest BCUT2D eigenvalue weighted by atomic mass is 9.83. The molecule has 2 amide bonds. The van der Waals surface area contributed by atoms with Crippen LogP contribution < -0.4 is 0 Å². The second-order valence-electron chi connectivity index (χ2n) is 7.88. The summed E-state index contributed by atoms with van der Waals surface area (Å²) in [5.41, 5.74) is 2.30. The quantitative estimate of drug-likeness (QED) is 0.690. The van der Waals surface area contributed by atoms with Gasteiger partial charge in [-0.1, -0.05) is 12.1 Å². The summed E-state index contributed by atoms with van der Waals surface area (Å²) in [7, 11) is 0. The number of nitrogens with zero attached hydrogens (tertiary/aromatic N) is 5. The van der Waals surface area contributed by atoms with Gasteiger partial charge in [-0.05, 0) is 42.5 Å². The highest BCUT2D eigenvalue weighted by Gasteiger charge is 2.40. The molecule has 0 N–H and O–H groups in total. The molecule has 2 aliphatic heterocycles. The molecule has 7 nitrogen and oxygen atoms in total. The van der Waals surface area contributed by atoms with E-state index in [2.05, 4.69) is 9.97 Å². The van der Waals surface area contributed by atoms with E-state index in [0.29, 0.717) is 37.7 Å². The first-order valence-electron chi connectivity index (χ1n) is 10.1. The van der Waals surface area contributed by atoms with Gasteiger partial charge in [0.05, 0.1) is 0 Å². The lowest BCUT2D eigenvalue weighted by molar-refractivity contribution is -0.141.